The van der Waals surface area contributed by atoms with E-state index in [-0.39, 0.29) is 17.9 Å². The average Bonchev–Trinajstić information content (AvgIpc) is 2.90. The number of nitrogens with one attached hydrogen (secondary N) is 1. The SMILES string of the molecule is CC(O)(CNS(=O)(=O)c1cccnc1)Cc1ccco1. The smallest absolute Gasteiger partial charge is 0.242 e. The van der Waals surface area contributed by atoms with Gasteiger partial charge in [0.25, 0.3) is 0 Å². The summed E-state index contributed by atoms with van der Waals surface area (Å²) in [5, 5.41) is 10.2. The van der Waals surface area contributed by atoms with Crippen molar-refractivity contribution in [2.45, 2.75) is 23.8 Å². The van der Waals surface area contributed by atoms with Crippen molar-refractivity contribution in [1.82, 2.24) is 9.71 Å². The summed E-state index contributed by atoms with van der Waals surface area (Å²) >= 11 is 0. The van der Waals surface area contributed by atoms with Gasteiger partial charge in [0.15, 0.2) is 0 Å². The van der Waals surface area contributed by atoms with E-state index in [0.717, 1.165) is 0 Å². The lowest BCUT2D eigenvalue weighted by atomic mass is 10.0. The fourth-order valence-corrected chi connectivity index (χ4v) is 2.82. The third-order valence-electron chi connectivity index (χ3n) is 2.72. The summed E-state index contributed by atoms with van der Waals surface area (Å²) in [5.74, 6) is 0.593. The fraction of sp³-hybridized carbons (Fsp3) is 0.308. The van der Waals surface area contributed by atoms with E-state index < -0.39 is 15.6 Å². The Balaban J connectivity index is 2.00. The molecule has 20 heavy (non-hydrogen) atoms. The molecule has 0 aliphatic carbocycles. The Morgan fingerprint density at radius 1 is 1.40 bits per heavy atom. The monoisotopic (exact) mass is 296 g/mol. The standard InChI is InChI=1S/C13H16N2O4S/c1-13(16,8-11-4-3-7-19-11)10-15-20(17,18)12-5-2-6-14-9-12/h2-7,9,15-16H,8,10H2,1H3. The molecule has 0 aliphatic rings. The van der Waals surface area contributed by atoms with Crippen LogP contribution in [0.5, 0.6) is 0 Å². The molecular formula is C13H16N2O4S. The van der Waals surface area contributed by atoms with E-state index >= 15 is 0 Å². The van der Waals surface area contributed by atoms with Gasteiger partial charge in [0, 0.05) is 25.4 Å². The van der Waals surface area contributed by atoms with E-state index in [1.165, 1.54) is 30.8 Å². The quantitative estimate of drug-likeness (QED) is 0.828. The molecule has 0 fully saturated rings. The van der Waals surface area contributed by atoms with Crippen LogP contribution in [0.1, 0.15) is 12.7 Å². The molecule has 2 N–H and O–H groups in total. The van der Waals surface area contributed by atoms with Crippen LogP contribution in [-0.2, 0) is 16.4 Å². The maximum Gasteiger partial charge on any atom is 0.242 e. The molecule has 108 valence electrons. The summed E-state index contributed by atoms with van der Waals surface area (Å²) in [7, 11) is -3.68. The molecule has 1 unspecified atom stereocenters. The minimum absolute atomic E-state index is 0.0637. The second kappa shape index (κ2) is 5.74. The normalized spacial score (nSPS) is 14.9. The highest BCUT2D eigenvalue weighted by Crippen LogP contribution is 2.14. The Bertz CT molecular complexity index is 636. The maximum atomic E-state index is 12.0. The van der Waals surface area contributed by atoms with Gasteiger partial charge >= 0.3 is 0 Å². The second-order valence-corrected chi connectivity index (χ2v) is 6.53. The number of furan rings is 1. The van der Waals surface area contributed by atoms with E-state index in [4.69, 9.17) is 4.42 Å². The van der Waals surface area contributed by atoms with Gasteiger partial charge in [0.1, 0.15) is 10.7 Å². The number of rotatable bonds is 6. The van der Waals surface area contributed by atoms with Crippen LogP contribution >= 0.6 is 0 Å². The number of hydrogen-bond donors (Lipinski definition) is 2. The van der Waals surface area contributed by atoms with Crippen molar-refractivity contribution in [3.63, 3.8) is 0 Å². The van der Waals surface area contributed by atoms with Crippen LogP contribution in [0.2, 0.25) is 0 Å². The third kappa shape index (κ3) is 3.89. The molecule has 1 atom stereocenters. The van der Waals surface area contributed by atoms with Crippen molar-refractivity contribution in [2.75, 3.05) is 6.54 Å². The Labute approximate surface area is 117 Å². The van der Waals surface area contributed by atoms with Crippen LogP contribution in [0.15, 0.2) is 52.2 Å². The lowest BCUT2D eigenvalue weighted by molar-refractivity contribution is 0.0603. The molecule has 0 aromatic carbocycles. The van der Waals surface area contributed by atoms with Crippen molar-refractivity contribution >= 4 is 10.0 Å². The van der Waals surface area contributed by atoms with Gasteiger partial charge in [-0.1, -0.05) is 0 Å². The highest BCUT2D eigenvalue weighted by atomic mass is 32.2. The Hall–Kier alpha value is -1.70. The molecule has 0 amide bonds. The van der Waals surface area contributed by atoms with Gasteiger partial charge in [-0.05, 0) is 31.2 Å². The van der Waals surface area contributed by atoms with Crippen LogP contribution < -0.4 is 4.72 Å². The van der Waals surface area contributed by atoms with Gasteiger partial charge in [0.2, 0.25) is 10.0 Å². The van der Waals surface area contributed by atoms with Crippen molar-refractivity contribution in [3.8, 4) is 0 Å². The summed E-state index contributed by atoms with van der Waals surface area (Å²) in [6.45, 7) is 1.42. The van der Waals surface area contributed by atoms with Crippen LogP contribution in [-0.4, -0.2) is 30.7 Å². The van der Waals surface area contributed by atoms with E-state index in [0.29, 0.717) is 5.76 Å². The van der Waals surface area contributed by atoms with E-state index in [1.54, 1.807) is 19.1 Å². The predicted octanol–water partition coefficient (Wildman–Crippen LogP) is 0.947. The van der Waals surface area contributed by atoms with Crippen LogP contribution in [0, 0.1) is 0 Å². The first-order valence-electron chi connectivity index (χ1n) is 6.03. The predicted molar refractivity (Wildman–Crippen MR) is 72.5 cm³/mol. The van der Waals surface area contributed by atoms with E-state index in [1.807, 2.05) is 0 Å². The lowest BCUT2D eigenvalue weighted by Gasteiger charge is -2.22. The number of sulfonamides is 1. The largest absolute Gasteiger partial charge is 0.469 e. The third-order valence-corrected chi connectivity index (χ3v) is 4.11. The minimum atomic E-state index is -3.68. The number of aromatic nitrogens is 1. The van der Waals surface area contributed by atoms with Gasteiger partial charge in [0.05, 0.1) is 11.9 Å². The lowest BCUT2D eigenvalue weighted by Crippen LogP contribution is -2.42. The zero-order valence-corrected chi connectivity index (χ0v) is 11.8. The number of aliphatic hydroxyl groups is 1. The van der Waals surface area contributed by atoms with E-state index in [2.05, 4.69) is 9.71 Å². The van der Waals surface area contributed by atoms with Crippen LogP contribution in [0.4, 0.5) is 0 Å². The van der Waals surface area contributed by atoms with Gasteiger partial charge in [-0.2, -0.15) is 0 Å². The van der Waals surface area contributed by atoms with Gasteiger partial charge in [-0.15, -0.1) is 0 Å². The second-order valence-electron chi connectivity index (χ2n) is 4.77. The molecule has 0 spiro atoms. The van der Waals surface area contributed by atoms with Crippen LogP contribution in [0.3, 0.4) is 0 Å². The van der Waals surface area contributed by atoms with Gasteiger partial charge in [-0.3, -0.25) is 4.98 Å². The summed E-state index contributed by atoms with van der Waals surface area (Å²) in [5.41, 5.74) is -1.24. The molecule has 2 rings (SSSR count). The zero-order chi connectivity index (χ0) is 14.6. The van der Waals surface area contributed by atoms with Crippen LogP contribution in [0.25, 0.3) is 0 Å². The number of pyridine rings is 1. The molecule has 0 saturated heterocycles. The Morgan fingerprint density at radius 2 is 2.20 bits per heavy atom. The Morgan fingerprint density at radius 3 is 2.80 bits per heavy atom. The first-order valence-corrected chi connectivity index (χ1v) is 7.52. The van der Waals surface area contributed by atoms with Crippen molar-refractivity contribution in [3.05, 3.63) is 48.7 Å². The Kier molecular flexibility index (Phi) is 4.22. The highest BCUT2D eigenvalue weighted by molar-refractivity contribution is 7.89. The summed E-state index contributed by atoms with van der Waals surface area (Å²) in [6, 6.07) is 6.42. The average molecular weight is 296 g/mol. The first-order chi connectivity index (χ1) is 9.39. The van der Waals surface area contributed by atoms with Crippen molar-refractivity contribution < 1.29 is 17.9 Å². The van der Waals surface area contributed by atoms with Crippen molar-refractivity contribution in [1.29, 1.82) is 0 Å². The molecule has 2 aromatic rings. The topological polar surface area (TPSA) is 92.4 Å². The van der Waals surface area contributed by atoms with Crippen molar-refractivity contribution in [2.24, 2.45) is 0 Å². The molecule has 0 aliphatic heterocycles. The molecule has 7 heteroatoms. The molecule has 0 radical (unpaired) electrons. The first kappa shape index (κ1) is 14.7. The number of hydrogen-bond acceptors (Lipinski definition) is 5. The zero-order valence-electron chi connectivity index (χ0n) is 11.0. The summed E-state index contributed by atoms with van der Waals surface area (Å²) < 4.78 is 31.5. The van der Waals surface area contributed by atoms with Gasteiger partial charge in [-0.25, -0.2) is 13.1 Å². The molecule has 6 nitrogen and oxygen atoms in total. The summed E-state index contributed by atoms with van der Waals surface area (Å²) in [4.78, 5) is 3.82. The molecule has 2 heterocycles. The minimum Gasteiger partial charge on any atom is -0.469 e. The molecule has 0 bridgehead atoms. The highest BCUT2D eigenvalue weighted by Gasteiger charge is 2.25. The molecule has 2 aromatic heterocycles. The number of nitrogens with zero attached hydrogens (tertiary/aromatic N) is 1. The fourth-order valence-electron chi connectivity index (χ4n) is 1.69. The molecular weight excluding hydrogens is 280 g/mol. The maximum absolute atomic E-state index is 12.0. The summed E-state index contributed by atoms with van der Waals surface area (Å²) in [6.07, 6.45) is 4.47. The van der Waals surface area contributed by atoms with E-state index in [9.17, 15) is 13.5 Å². The van der Waals surface area contributed by atoms with Gasteiger partial charge < -0.3 is 9.52 Å². The molecule has 0 saturated carbocycles.